The first-order valence-electron chi connectivity index (χ1n) is 14.1. The molecular formula is C30H33F2N7O3. The lowest BCUT2D eigenvalue weighted by Crippen LogP contribution is -2.50. The van der Waals surface area contributed by atoms with Crippen LogP contribution in [0.3, 0.4) is 0 Å². The van der Waals surface area contributed by atoms with Gasteiger partial charge in [0.05, 0.1) is 29.7 Å². The number of aromatic nitrogens is 5. The number of amides is 2. The maximum absolute atomic E-state index is 14.2. The highest BCUT2D eigenvalue weighted by Crippen LogP contribution is 2.40. The van der Waals surface area contributed by atoms with E-state index in [0.29, 0.717) is 28.5 Å². The summed E-state index contributed by atoms with van der Waals surface area (Å²) in [5, 5.41) is 22.0. The molecule has 2 fully saturated rings. The maximum Gasteiger partial charge on any atom is 0.248 e. The van der Waals surface area contributed by atoms with Crippen LogP contribution < -0.4 is 5.32 Å². The molecular weight excluding hydrogens is 544 g/mol. The minimum absolute atomic E-state index is 0.00926. The SMILES string of the molecule is CC(C)(C)[C@@H](C(=O)N1C[C@H](O)C[C@H]1C(=O)NCc1c(-c2ccc(F)cc2)nc2ccc(F)cn12)n1cc(C2CC2)nn1. The highest BCUT2D eigenvalue weighted by atomic mass is 19.1. The average Bonchev–Trinajstić information content (AvgIpc) is 3.37. The van der Waals surface area contributed by atoms with Crippen molar-refractivity contribution in [3.63, 3.8) is 0 Å². The molecule has 0 bridgehead atoms. The topological polar surface area (TPSA) is 118 Å². The average molecular weight is 578 g/mol. The number of aliphatic hydroxyl groups is 1. The van der Waals surface area contributed by atoms with Crippen LogP contribution in [0, 0.1) is 17.0 Å². The molecule has 0 spiro atoms. The Hall–Kier alpha value is -4.19. The molecule has 1 saturated heterocycles. The lowest BCUT2D eigenvalue weighted by Gasteiger charge is -2.34. The van der Waals surface area contributed by atoms with Crippen molar-refractivity contribution in [2.24, 2.45) is 5.41 Å². The number of β-amino-alcohol motifs (C(OH)–C–C–N with tert-alkyl or cyclic N) is 1. The van der Waals surface area contributed by atoms with Crippen LogP contribution in [0.2, 0.25) is 0 Å². The van der Waals surface area contributed by atoms with Crippen LogP contribution >= 0.6 is 0 Å². The summed E-state index contributed by atoms with van der Waals surface area (Å²) in [6.07, 6.45) is 4.39. The molecule has 3 aromatic heterocycles. The molecule has 1 aliphatic carbocycles. The Labute approximate surface area is 241 Å². The summed E-state index contributed by atoms with van der Waals surface area (Å²) in [6, 6.07) is 6.90. The summed E-state index contributed by atoms with van der Waals surface area (Å²) in [5.74, 6) is -1.30. The zero-order valence-corrected chi connectivity index (χ0v) is 23.7. The molecule has 2 amide bonds. The number of carbonyl (C=O) groups is 2. The fourth-order valence-corrected chi connectivity index (χ4v) is 5.69. The van der Waals surface area contributed by atoms with Crippen LogP contribution in [0.4, 0.5) is 8.78 Å². The molecule has 6 rings (SSSR count). The van der Waals surface area contributed by atoms with Crippen LogP contribution in [-0.2, 0) is 16.1 Å². The first-order valence-corrected chi connectivity index (χ1v) is 14.1. The van der Waals surface area contributed by atoms with Crippen molar-refractivity contribution in [3.05, 3.63) is 71.8 Å². The quantitative estimate of drug-likeness (QED) is 0.347. The number of benzene rings is 1. The Morgan fingerprint density at radius 2 is 1.79 bits per heavy atom. The molecule has 10 nitrogen and oxygen atoms in total. The second-order valence-electron chi connectivity index (χ2n) is 12.3. The molecule has 1 aromatic carbocycles. The Balaban J connectivity index is 1.26. The molecule has 4 heterocycles. The predicted octanol–water partition coefficient (Wildman–Crippen LogP) is 3.61. The molecule has 2 N–H and O–H groups in total. The third-order valence-corrected chi connectivity index (χ3v) is 7.94. The van der Waals surface area contributed by atoms with E-state index in [0.717, 1.165) is 18.5 Å². The molecule has 1 saturated carbocycles. The molecule has 1 aliphatic heterocycles. The van der Waals surface area contributed by atoms with Gasteiger partial charge in [-0.25, -0.2) is 18.4 Å². The lowest BCUT2D eigenvalue weighted by atomic mass is 9.85. The van der Waals surface area contributed by atoms with Gasteiger partial charge in [-0.05, 0) is 54.7 Å². The summed E-state index contributed by atoms with van der Waals surface area (Å²) in [6.45, 7) is 5.75. The van der Waals surface area contributed by atoms with E-state index in [4.69, 9.17) is 0 Å². The summed E-state index contributed by atoms with van der Waals surface area (Å²) in [7, 11) is 0. The number of aliphatic hydroxyl groups excluding tert-OH is 1. The van der Waals surface area contributed by atoms with Crippen molar-refractivity contribution in [1.82, 2.24) is 34.6 Å². The largest absolute Gasteiger partial charge is 0.391 e. The van der Waals surface area contributed by atoms with Crippen LogP contribution in [0.5, 0.6) is 0 Å². The number of hydrogen-bond donors (Lipinski definition) is 2. The van der Waals surface area contributed by atoms with Gasteiger partial charge in [-0.15, -0.1) is 5.10 Å². The molecule has 42 heavy (non-hydrogen) atoms. The molecule has 0 unspecified atom stereocenters. The van der Waals surface area contributed by atoms with Gasteiger partial charge in [-0.3, -0.25) is 14.0 Å². The van der Waals surface area contributed by atoms with E-state index < -0.39 is 41.1 Å². The van der Waals surface area contributed by atoms with Gasteiger partial charge in [0.25, 0.3) is 0 Å². The number of rotatable bonds is 7. The van der Waals surface area contributed by atoms with Crippen molar-refractivity contribution in [3.8, 4) is 11.3 Å². The third kappa shape index (κ3) is 5.38. The minimum atomic E-state index is -0.922. The first kappa shape index (κ1) is 28.0. The Bertz CT molecular complexity index is 1640. The fourth-order valence-electron chi connectivity index (χ4n) is 5.69. The van der Waals surface area contributed by atoms with Gasteiger partial charge >= 0.3 is 0 Å². The normalized spacial score (nSPS) is 19.8. The number of carbonyl (C=O) groups excluding carboxylic acids is 2. The number of likely N-dealkylation sites (tertiary alicyclic amines) is 1. The lowest BCUT2D eigenvalue weighted by molar-refractivity contribution is -0.144. The van der Waals surface area contributed by atoms with Crippen molar-refractivity contribution in [2.75, 3.05) is 6.54 Å². The van der Waals surface area contributed by atoms with E-state index in [-0.39, 0.29) is 25.4 Å². The minimum Gasteiger partial charge on any atom is -0.391 e. The number of imidazole rings is 1. The van der Waals surface area contributed by atoms with E-state index in [1.165, 1.54) is 35.4 Å². The summed E-state index contributed by atoms with van der Waals surface area (Å²) < 4.78 is 30.9. The van der Waals surface area contributed by atoms with Gasteiger partial charge in [0.1, 0.15) is 29.4 Å². The first-order chi connectivity index (χ1) is 20.0. The van der Waals surface area contributed by atoms with Gasteiger partial charge in [-0.1, -0.05) is 26.0 Å². The van der Waals surface area contributed by atoms with Crippen LogP contribution in [0.1, 0.15) is 63.4 Å². The summed E-state index contributed by atoms with van der Waals surface area (Å²) in [5.41, 5.74) is 2.32. The number of nitrogens with zero attached hydrogens (tertiary/aromatic N) is 6. The van der Waals surface area contributed by atoms with Crippen molar-refractivity contribution >= 4 is 17.5 Å². The smallest absolute Gasteiger partial charge is 0.248 e. The predicted molar refractivity (Wildman–Crippen MR) is 149 cm³/mol. The van der Waals surface area contributed by atoms with Crippen molar-refractivity contribution in [2.45, 2.75) is 70.7 Å². The Kier molecular flexibility index (Phi) is 7.04. The van der Waals surface area contributed by atoms with Crippen LogP contribution in [0.25, 0.3) is 16.9 Å². The van der Waals surface area contributed by atoms with Gasteiger partial charge in [-0.2, -0.15) is 0 Å². The van der Waals surface area contributed by atoms with Gasteiger partial charge in [0.2, 0.25) is 11.8 Å². The van der Waals surface area contributed by atoms with Crippen LogP contribution in [-0.4, -0.2) is 64.9 Å². The van der Waals surface area contributed by atoms with Crippen molar-refractivity contribution in [1.29, 1.82) is 0 Å². The second-order valence-corrected chi connectivity index (χ2v) is 12.3. The Morgan fingerprint density at radius 1 is 1.07 bits per heavy atom. The number of nitrogens with one attached hydrogen (secondary N) is 1. The van der Waals surface area contributed by atoms with E-state index in [1.54, 1.807) is 21.2 Å². The third-order valence-electron chi connectivity index (χ3n) is 7.94. The number of hydrogen-bond acceptors (Lipinski definition) is 6. The molecule has 2 aliphatic rings. The molecule has 4 aromatic rings. The standard InChI is InChI=1S/C30H33F2N7O3/c1-30(2,3)27(39-16-22(35-36-39)17-4-5-17)29(42)38-15-21(40)12-23(38)28(41)33-13-24-26(18-6-8-19(31)9-7-18)34-25-11-10-20(32)14-37(24)25/h6-11,14,16-17,21,23,27,40H,4-5,12-13,15H2,1-3H3,(H,33,41)/t21-,23+,27-/m1/s1. The van der Waals surface area contributed by atoms with Gasteiger partial charge in [0.15, 0.2) is 0 Å². The number of fused-ring (bicyclic) bond motifs is 1. The monoisotopic (exact) mass is 577 g/mol. The molecule has 0 radical (unpaired) electrons. The van der Waals surface area contributed by atoms with Gasteiger partial charge in [0, 0.05) is 36.8 Å². The van der Waals surface area contributed by atoms with Crippen molar-refractivity contribution < 1.29 is 23.5 Å². The van der Waals surface area contributed by atoms with E-state index in [1.807, 2.05) is 27.0 Å². The summed E-state index contributed by atoms with van der Waals surface area (Å²) in [4.78, 5) is 33.6. The molecule has 3 atom stereocenters. The molecule has 220 valence electrons. The zero-order chi connectivity index (χ0) is 29.8. The van der Waals surface area contributed by atoms with E-state index >= 15 is 0 Å². The zero-order valence-electron chi connectivity index (χ0n) is 23.7. The van der Waals surface area contributed by atoms with Gasteiger partial charge < -0.3 is 15.3 Å². The Morgan fingerprint density at radius 3 is 2.48 bits per heavy atom. The second kappa shape index (κ2) is 10.6. The summed E-state index contributed by atoms with van der Waals surface area (Å²) >= 11 is 0. The fraction of sp³-hybridized carbons (Fsp3) is 0.433. The maximum atomic E-state index is 14.2. The van der Waals surface area contributed by atoms with E-state index in [9.17, 15) is 23.5 Å². The highest BCUT2D eigenvalue weighted by Gasteiger charge is 2.45. The van der Waals surface area contributed by atoms with Crippen LogP contribution in [0.15, 0.2) is 48.8 Å². The molecule has 12 heteroatoms. The highest BCUT2D eigenvalue weighted by molar-refractivity contribution is 5.90. The van der Waals surface area contributed by atoms with E-state index in [2.05, 4.69) is 20.6 Å². The number of halogens is 2. The number of pyridine rings is 1.